The summed E-state index contributed by atoms with van der Waals surface area (Å²) in [7, 11) is 0. The number of ether oxygens (including phenoxy) is 2. The maximum absolute atomic E-state index is 12.1. The van der Waals surface area contributed by atoms with Crippen molar-refractivity contribution in [2.24, 2.45) is 0 Å². The number of carbonyl (C=O) groups is 1. The van der Waals surface area contributed by atoms with Crippen molar-refractivity contribution < 1.29 is 14.3 Å². The second-order valence-electron chi connectivity index (χ2n) is 5.51. The van der Waals surface area contributed by atoms with E-state index in [1.165, 1.54) is 0 Å². The van der Waals surface area contributed by atoms with Crippen molar-refractivity contribution in [2.45, 2.75) is 50.7 Å². The first kappa shape index (κ1) is 14.1. The number of rotatable bonds is 4. The summed E-state index contributed by atoms with van der Waals surface area (Å²) in [4.78, 5) is 30.7. The number of anilines is 1. The zero-order chi connectivity index (χ0) is 15.0. The van der Waals surface area contributed by atoms with E-state index in [1.54, 1.807) is 6.92 Å². The fraction of sp³-hybridized carbons (Fsp3) is 0.643. The summed E-state index contributed by atoms with van der Waals surface area (Å²) in [5, 5.41) is 0. The van der Waals surface area contributed by atoms with Crippen LogP contribution in [-0.4, -0.2) is 34.8 Å². The highest BCUT2D eigenvalue weighted by Gasteiger charge is 2.42. The van der Waals surface area contributed by atoms with Gasteiger partial charge in [-0.1, -0.05) is 0 Å². The topological polar surface area (TPSA) is 107 Å². The molecular weight excluding hydrogens is 274 g/mol. The highest BCUT2D eigenvalue weighted by molar-refractivity contribution is 5.74. The van der Waals surface area contributed by atoms with Crippen molar-refractivity contribution >= 4 is 11.8 Å². The molecule has 2 fully saturated rings. The molecule has 3 atom stereocenters. The van der Waals surface area contributed by atoms with Crippen LogP contribution in [0, 0.1) is 0 Å². The lowest BCUT2D eigenvalue weighted by Gasteiger charge is -2.18. The lowest BCUT2D eigenvalue weighted by Crippen LogP contribution is -2.26. The molecule has 2 aliphatic rings. The Balaban J connectivity index is 1.83. The average molecular weight is 293 g/mol. The maximum Gasteiger partial charge on any atom is 0.310 e. The molecule has 0 saturated carbocycles. The molecule has 0 amide bonds. The fourth-order valence-corrected chi connectivity index (χ4v) is 3.16. The van der Waals surface area contributed by atoms with Crippen molar-refractivity contribution in [3.8, 4) is 0 Å². The van der Waals surface area contributed by atoms with E-state index < -0.39 is 5.97 Å². The standard InChI is InChI=1S/C14H19N3O4/c1-2-20-11(18)6-9-12(15)16-13(17-14(9)19)8-5-7-3-4-10(8)21-7/h7-8,10H,2-6H2,1H3,(H3,15,16,17,19). The van der Waals surface area contributed by atoms with E-state index in [0.29, 0.717) is 5.82 Å². The largest absolute Gasteiger partial charge is 0.466 e. The minimum absolute atomic E-state index is 0.0930. The third kappa shape index (κ3) is 2.65. The molecule has 0 radical (unpaired) electrons. The predicted octanol–water partition coefficient (Wildman–Crippen LogP) is 0.493. The number of aromatic amines is 1. The van der Waals surface area contributed by atoms with Gasteiger partial charge in [0, 0.05) is 5.92 Å². The zero-order valence-corrected chi connectivity index (χ0v) is 11.9. The summed E-state index contributed by atoms with van der Waals surface area (Å²) < 4.78 is 10.6. The van der Waals surface area contributed by atoms with Crippen LogP contribution in [0.4, 0.5) is 5.82 Å². The van der Waals surface area contributed by atoms with Gasteiger partial charge in [0.2, 0.25) is 0 Å². The summed E-state index contributed by atoms with van der Waals surface area (Å²) in [6.45, 7) is 1.98. The molecule has 2 aliphatic heterocycles. The molecule has 3 heterocycles. The van der Waals surface area contributed by atoms with E-state index >= 15 is 0 Å². The van der Waals surface area contributed by atoms with Crippen molar-refractivity contribution in [1.29, 1.82) is 0 Å². The number of fused-ring (bicyclic) bond motifs is 2. The molecule has 7 nitrogen and oxygen atoms in total. The van der Waals surface area contributed by atoms with Gasteiger partial charge < -0.3 is 20.2 Å². The van der Waals surface area contributed by atoms with Gasteiger partial charge in [0.05, 0.1) is 30.8 Å². The monoisotopic (exact) mass is 293 g/mol. The SMILES string of the molecule is CCOC(=O)Cc1c(N)nc(C2CC3CCC2O3)[nH]c1=O. The molecule has 2 bridgehead atoms. The minimum atomic E-state index is -0.479. The van der Waals surface area contributed by atoms with Gasteiger partial charge in [0.25, 0.3) is 5.56 Å². The maximum atomic E-state index is 12.1. The molecule has 0 aromatic carbocycles. The third-order valence-corrected chi connectivity index (χ3v) is 4.15. The Bertz CT molecular complexity index is 613. The summed E-state index contributed by atoms with van der Waals surface area (Å²) in [6, 6.07) is 0. The Morgan fingerprint density at radius 1 is 1.52 bits per heavy atom. The average Bonchev–Trinajstić information content (AvgIpc) is 3.05. The van der Waals surface area contributed by atoms with Crippen LogP contribution in [0.3, 0.4) is 0 Å². The number of hydrogen-bond acceptors (Lipinski definition) is 6. The second-order valence-corrected chi connectivity index (χ2v) is 5.51. The Kier molecular flexibility index (Phi) is 3.67. The summed E-state index contributed by atoms with van der Waals surface area (Å²) >= 11 is 0. The molecule has 7 heteroatoms. The number of aromatic nitrogens is 2. The number of nitrogen functional groups attached to an aromatic ring is 1. The molecule has 21 heavy (non-hydrogen) atoms. The highest BCUT2D eigenvalue weighted by atomic mass is 16.5. The van der Waals surface area contributed by atoms with Gasteiger partial charge in [-0.3, -0.25) is 9.59 Å². The summed E-state index contributed by atoms with van der Waals surface area (Å²) in [5.74, 6) is 0.282. The Labute approximate surface area is 121 Å². The van der Waals surface area contributed by atoms with Crippen LogP contribution in [-0.2, 0) is 20.7 Å². The van der Waals surface area contributed by atoms with Crippen LogP contribution in [0.15, 0.2) is 4.79 Å². The second kappa shape index (κ2) is 5.48. The smallest absolute Gasteiger partial charge is 0.310 e. The number of H-pyrrole nitrogens is 1. The first-order valence-corrected chi connectivity index (χ1v) is 7.28. The number of nitrogens with zero attached hydrogens (tertiary/aromatic N) is 1. The van der Waals surface area contributed by atoms with E-state index in [1.807, 2.05) is 0 Å². The quantitative estimate of drug-likeness (QED) is 0.782. The van der Waals surface area contributed by atoms with Gasteiger partial charge >= 0.3 is 5.97 Å². The number of hydrogen-bond donors (Lipinski definition) is 2. The van der Waals surface area contributed by atoms with E-state index in [-0.39, 0.29) is 48.1 Å². The molecule has 1 aromatic rings. The highest BCUT2D eigenvalue weighted by Crippen LogP contribution is 2.43. The molecule has 1 aromatic heterocycles. The van der Waals surface area contributed by atoms with Crippen molar-refractivity contribution in [3.05, 3.63) is 21.7 Å². The molecular formula is C14H19N3O4. The zero-order valence-electron chi connectivity index (χ0n) is 11.9. The molecule has 3 unspecified atom stereocenters. The first-order chi connectivity index (χ1) is 10.1. The van der Waals surface area contributed by atoms with Crippen molar-refractivity contribution in [1.82, 2.24) is 9.97 Å². The minimum Gasteiger partial charge on any atom is -0.466 e. The van der Waals surface area contributed by atoms with Gasteiger partial charge in [-0.25, -0.2) is 4.98 Å². The number of nitrogens with two attached hydrogens (primary N) is 1. The van der Waals surface area contributed by atoms with Crippen molar-refractivity contribution in [3.63, 3.8) is 0 Å². The normalized spacial score (nSPS) is 27.0. The van der Waals surface area contributed by atoms with Gasteiger partial charge in [-0.2, -0.15) is 0 Å². The first-order valence-electron chi connectivity index (χ1n) is 7.28. The molecule has 3 N–H and O–H groups in total. The van der Waals surface area contributed by atoms with Crippen LogP contribution >= 0.6 is 0 Å². The van der Waals surface area contributed by atoms with Gasteiger partial charge in [-0.05, 0) is 26.2 Å². The van der Waals surface area contributed by atoms with Crippen LogP contribution in [0.2, 0.25) is 0 Å². The summed E-state index contributed by atoms with van der Waals surface area (Å²) in [6.07, 6.45) is 3.16. The number of nitrogens with one attached hydrogen (secondary N) is 1. The lowest BCUT2D eigenvalue weighted by molar-refractivity contribution is -0.142. The Morgan fingerprint density at radius 3 is 2.90 bits per heavy atom. The third-order valence-electron chi connectivity index (χ3n) is 4.15. The lowest BCUT2D eigenvalue weighted by atomic mass is 9.88. The Morgan fingerprint density at radius 2 is 2.33 bits per heavy atom. The van der Waals surface area contributed by atoms with Crippen LogP contribution in [0.5, 0.6) is 0 Å². The van der Waals surface area contributed by atoms with Crippen LogP contribution in [0.25, 0.3) is 0 Å². The van der Waals surface area contributed by atoms with E-state index in [2.05, 4.69) is 9.97 Å². The van der Waals surface area contributed by atoms with E-state index in [4.69, 9.17) is 15.2 Å². The Hall–Kier alpha value is -1.89. The van der Waals surface area contributed by atoms with Gasteiger partial charge in [0.15, 0.2) is 0 Å². The van der Waals surface area contributed by atoms with Crippen LogP contribution in [0.1, 0.15) is 43.5 Å². The molecule has 3 rings (SSSR count). The molecule has 0 aliphatic carbocycles. The van der Waals surface area contributed by atoms with E-state index in [0.717, 1.165) is 19.3 Å². The predicted molar refractivity (Wildman–Crippen MR) is 74.9 cm³/mol. The van der Waals surface area contributed by atoms with E-state index in [9.17, 15) is 9.59 Å². The number of esters is 1. The fourth-order valence-electron chi connectivity index (χ4n) is 3.16. The summed E-state index contributed by atoms with van der Waals surface area (Å²) in [5.41, 5.74) is 5.65. The molecule has 0 spiro atoms. The van der Waals surface area contributed by atoms with Gasteiger partial charge in [0.1, 0.15) is 11.6 Å². The van der Waals surface area contributed by atoms with Crippen LogP contribution < -0.4 is 11.3 Å². The van der Waals surface area contributed by atoms with Crippen molar-refractivity contribution in [2.75, 3.05) is 12.3 Å². The molecule has 2 saturated heterocycles. The van der Waals surface area contributed by atoms with Gasteiger partial charge in [-0.15, -0.1) is 0 Å². The molecule has 114 valence electrons. The number of carbonyl (C=O) groups excluding carboxylic acids is 1.